The number of rotatable bonds is 20. The molecule has 3 rings (SSSR count). The number of nitrogens with one attached hydrogen (secondary N) is 4. The third-order valence-corrected chi connectivity index (χ3v) is 10.6. The van der Waals surface area contributed by atoms with Gasteiger partial charge < -0.3 is 41.5 Å². The molecule has 1 aliphatic heterocycles. The Kier molecular flexibility index (Phi) is 18.8. The maximum absolute atomic E-state index is 13.8. The molecule has 4 bridgehead atoms. The summed E-state index contributed by atoms with van der Waals surface area (Å²) in [5.41, 5.74) is 0.890. The van der Waals surface area contributed by atoms with E-state index in [2.05, 4.69) is 28.2 Å². The van der Waals surface area contributed by atoms with E-state index in [4.69, 9.17) is 0 Å². The average Bonchev–Trinajstić information content (AvgIpc) is 3.17. The predicted octanol–water partition coefficient (Wildman–Crippen LogP) is 5.24. The van der Waals surface area contributed by atoms with Gasteiger partial charge in [0.1, 0.15) is 35.7 Å². The standard InChI is InChI=1S/C43H63N5O9/c1-6-7-8-9-10-11-12-13-14-15-16-17-18-27(2)39(52)45-28(3)40(53)44-26-37(51)48(5)38-31-20-22-36(50)33(25-31)32-23-30(19-21-35(32)49)24-34(43(56)57)47-41(54)29(4)46-42(38)55/h19-23,25,27-29,34,38,49-50H,6-18,24,26H2,1-5H3,(H,44,53)(H,45,52)(H,46,55)(H,47,54)(H,56,57)/t27?,28-,29+,34+,38+/m1/s1. The molecule has 0 aromatic heterocycles. The fraction of sp³-hybridized carbons (Fsp3) is 0.581. The summed E-state index contributed by atoms with van der Waals surface area (Å²) >= 11 is 0. The number of hydrogen-bond acceptors (Lipinski definition) is 8. The minimum Gasteiger partial charge on any atom is -0.507 e. The van der Waals surface area contributed by atoms with E-state index in [1.807, 2.05) is 6.92 Å². The molecule has 0 aliphatic carbocycles. The van der Waals surface area contributed by atoms with E-state index in [1.54, 1.807) is 0 Å². The molecule has 1 unspecified atom stereocenters. The van der Waals surface area contributed by atoms with Crippen molar-refractivity contribution >= 4 is 35.5 Å². The van der Waals surface area contributed by atoms with Crippen LogP contribution in [0.5, 0.6) is 11.5 Å². The highest BCUT2D eigenvalue weighted by atomic mass is 16.4. The molecular weight excluding hydrogens is 730 g/mol. The van der Waals surface area contributed by atoms with Crippen LogP contribution in [0.25, 0.3) is 11.1 Å². The fourth-order valence-electron chi connectivity index (χ4n) is 6.93. The summed E-state index contributed by atoms with van der Waals surface area (Å²) in [7, 11) is 1.33. The second-order valence-electron chi connectivity index (χ2n) is 15.4. The Morgan fingerprint density at radius 3 is 1.95 bits per heavy atom. The summed E-state index contributed by atoms with van der Waals surface area (Å²) in [6.07, 6.45) is 15.3. The first-order valence-electron chi connectivity index (χ1n) is 20.5. The lowest BCUT2D eigenvalue weighted by Crippen LogP contribution is -2.54. The largest absolute Gasteiger partial charge is 0.507 e. The number of phenols is 2. The zero-order valence-corrected chi connectivity index (χ0v) is 34.2. The highest BCUT2D eigenvalue weighted by Crippen LogP contribution is 2.38. The number of aliphatic carboxylic acids is 1. The number of benzene rings is 2. The fourth-order valence-corrected chi connectivity index (χ4v) is 6.93. The van der Waals surface area contributed by atoms with Crippen LogP contribution in [0.3, 0.4) is 0 Å². The Morgan fingerprint density at radius 2 is 1.35 bits per heavy atom. The number of phenolic OH excluding ortho intramolecular Hbond substituents is 2. The highest BCUT2D eigenvalue weighted by Gasteiger charge is 2.33. The molecule has 1 aliphatic rings. The number of aromatic hydroxyl groups is 2. The molecule has 14 heteroatoms. The van der Waals surface area contributed by atoms with Crippen molar-refractivity contribution in [2.75, 3.05) is 13.6 Å². The van der Waals surface area contributed by atoms with Gasteiger partial charge >= 0.3 is 5.97 Å². The van der Waals surface area contributed by atoms with E-state index in [0.29, 0.717) is 12.0 Å². The first kappa shape index (κ1) is 46.2. The number of carbonyl (C=O) groups excluding carboxylic acids is 5. The molecule has 14 nitrogen and oxygen atoms in total. The molecule has 57 heavy (non-hydrogen) atoms. The number of carbonyl (C=O) groups is 6. The maximum atomic E-state index is 13.8. The topological polar surface area (TPSA) is 214 Å². The molecule has 0 fully saturated rings. The average molecular weight is 794 g/mol. The van der Waals surface area contributed by atoms with Crippen LogP contribution in [0.1, 0.15) is 128 Å². The second kappa shape index (κ2) is 23.2. The van der Waals surface area contributed by atoms with Crippen molar-refractivity contribution in [2.45, 2.75) is 142 Å². The molecule has 0 radical (unpaired) electrons. The van der Waals surface area contributed by atoms with Gasteiger partial charge in [0.25, 0.3) is 0 Å². The third-order valence-electron chi connectivity index (χ3n) is 10.6. The zero-order chi connectivity index (χ0) is 42.1. The number of amides is 5. The van der Waals surface area contributed by atoms with Crippen molar-refractivity contribution in [2.24, 2.45) is 5.92 Å². The Balaban J connectivity index is 1.61. The van der Waals surface area contributed by atoms with Gasteiger partial charge in [-0.25, -0.2) is 4.79 Å². The number of nitrogens with zero attached hydrogens (tertiary/aromatic N) is 1. The normalized spacial score (nSPS) is 17.9. The van der Waals surface area contributed by atoms with Crippen LogP contribution < -0.4 is 21.3 Å². The van der Waals surface area contributed by atoms with Crippen molar-refractivity contribution in [3.05, 3.63) is 47.5 Å². The van der Waals surface area contributed by atoms with Gasteiger partial charge in [-0.3, -0.25) is 24.0 Å². The van der Waals surface area contributed by atoms with Crippen LogP contribution in [0.15, 0.2) is 36.4 Å². The van der Waals surface area contributed by atoms with E-state index in [9.17, 15) is 44.1 Å². The highest BCUT2D eigenvalue weighted by molar-refractivity contribution is 5.95. The predicted molar refractivity (Wildman–Crippen MR) is 217 cm³/mol. The second-order valence-corrected chi connectivity index (χ2v) is 15.4. The summed E-state index contributed by atoms with van der Waals surface area (Å²) in [4.78, 5) is 79.4. The van der Waals surface area contributed by atoms with Gasteiger partial charge in [0.05, 0.1) is 6.54 Å². The van der Waals surface area contributed by atoms with Gasteiger partial charge in [0, 0.05) is 30.5 Å². The van der Waals surface area contributed by atoms with E-state index in [1.165, 1.54) is 115 Å². The Bertz CT molecular complexity index is 1700. The van der Waals surface area contributed by atoms with Crippen molar-refractivity contribution in [1.29, 1.82) is 0 Å². The van der Waals surface area contributed by atoms with Crippen molar-refractivity contribution in [3.8, 4) is 22.6 Å². The van der Waals surface area contributed by atoms with Gasteiger partial charge in [-0.05, 0) is 55.7 Å². The summed E-state index contributed by atoms with van der Waals surface area (Å²) in [6.45, 7) is 6.42. The molecule has 0 spiro atoms. The van der Waals surface area contributed by atoms with Crippen molar-refractivity contribution in [3.63, 3.8) is 0 Å². The molecule has 314 valence electrons. The lowest BCUT2D eigenvalue weighted by Gasteiger charge is -2.30. The summed E-state index contributed by atoms with van der Waals surface area (Å²) in [5, 5.41) is 41.6. The lowest BCUT2D eigenvalue weighted by molar-refractivity contribution is -0.143. The van der Waals surface area contributed by atoms with Gasteiger partial charge in [-0.2, -0.15) is 0 Å². The summed E-state index contributed by atoms with van der Waals surface area (Å²) in [5.74, 6) is -5.23. The molecule has 5 amide bonds. The molecular formula is C43H63N5O9. The van der Waals surface area contributed by atoms with Gasteiger partial charge in [0.15, 0.2) is 0 Å². The summed E-state index contributed by atoms with van der Waals surface area (Å²) in [6, 6.07) is 3.51. The SMILES string of the molecule is CCCCCCCCCCCCCCC(C)C(=O)N[C@H](C)C(=O)NCC(=O)N(C)[C@@H]1C(=O)N[C@@H](C)C(=O)N[C@H](C(=O)O)Cc2ccc(O)c(c2)-c2cc1ccc2O. The van der Waals surface area contributed by atoms with Crippen LogP contribution >= 0.6 is 0 Å². The monoisotopic (exact) mass is 793 g/mol. The number of carboxylic acids is 1. The zero-order valence-electron chi connectivity index (χ0n) is 34.2. The van der Waals surface area contributed by atoms with Crippen LogP contribution in [0, 0.1) is 5.92 Å². The van der Waals surface area contributed by atoms with E-state index in [0.717, 1.165) is 24.2 Å². The van der Waals surface area contributed by atoms with Crippen LogP contribution in [0.4, 0.5) is 0 Å². The van der Waals surface area contributed by atoms with E-state index < -0.39 is 60.3 Å². The molecule has 2 aromatic carbocycles. The van der Waals surface area contributed by atoms with Crippen LogP contribution in [-0.2, 0) is 35.2 Å². The van der Waals surface area contributed by atoms with E-state index >= 15 is 0 Å². The van der Waals surface area contributed by atoms with Crippen molar-refractivity contribution < 1.29 is 44.1 Å². The molecule has 5 atom stereocenters. The number of unbranched alkanes of at least 4 members (excludes halogenated alkanes) is 11. The molecule has 0 saturated carbocycles. The Hall–Kier alpha value is -5.14. The summed E-state index contributed by atoms with van der Waals surface area (Å²) < 4.78 is 0. The molecule has 0 saturated heterocycles. The van der Waals surface area contributed by atoms with Crippen LogP contribution in [0.2, 0.25) is 0 Å². The maximum Gasteiger partial charge on any atom is 0.326 e. The number of hydrogen-bond donors (Lipinski definition) is 7. The smallest absolute Gasteiger partial charge is 0.326 e. The molecule has 2 aromatic rings. The van der Waals surface area contributed by atoms with Gasteiger partial charge in [0.2, 0.25) is 29.5 Å². The first-order chi connectivity index (χ1) is 27.1. The van der Waals surface area contributed by atoms with Gasteiger partial charge in [-0.15, -0.1) is 0 Å². The molecule has 1 heterocycles. The first-order valence-corrected chi connectivity index (χ1v) is 20.5. The molecule has 7 N–H and O–H groups in total. The number of carboxylic acid groups (broad SMARTS) is 1. The van der Waals surface area contributed by atoms with E-state index in [-0.39, 0.29) is 46.4 Å². The minimum atomic E-state index is -1.40. The third kappa shape index (κ3) is 14.4. The van der Waals surface area contributed by atoms with Crippen LogP contribution in [-0.4, -0.2) is 87.4 Å². The quantitative estimate of drug-likeness (QED) is 0.0872. The minimum absolute atomic E-state index is 0.109. The Labute approximate surface area is 336 Å². The lowest BCUT2D eigenvalue weighted by atomic mass is 9.94. The van der Waals surface area contributed by atoms with Gasteiger partial charge in [-0.1, -0.05) is 103 Å². The number of likely N-dealkylation sites (N-methyl/N-ethyl adjacent to an activating group) is 1. The Morgan fingerprint density at radius 1 is 0.789 bits per heavy atom. The van der Waals surface area contributed by atoms with Crippen molar-refractivity contribution in [1.82, 2.24) is 26.2 Å². The number of fused-ring (bicyclic) bond motifs is 5.